The minimum Gasteiger partial charge on any atom is -0.444 e. The summed E-state index contributed by atoms with van der Waals surface area (Å²) in [5, 5.41) is 5.75. The number of nitrogens with one attached hydrogen (secondary N) is 2. The Morgan fingerprint density at radius 3 is 2.05 bits per heavy atom. The van der Waals surface area contributed by atoms with E-state index in [2.05, 4.69) is 15.5 Å². The van der Waals surface area contributed by atoms with E-state index in [1.807, 2.05) is 87.2 Å². The van der Waals surface area contributed by atoms with Crippen LogP contribution in [-0.2, 0) is 16.1 Å². The topological polar surface area (TPSA) is 91.0 Å². The van der Waals surface area contributed by atoms with Gasteiger partial charge in [0, 0.05) is 56.6 Å². The molecule has 3 amide bonds. The maximum atomic E-state index is 12.9. The van der Waals surface area contributed by atoms with Crippen molar-refractivity contribution in [2.45, 2.75) is 46.8 Å². The molecule has 1 fully saturated rings. The van der Waals surface area contributed by atoms with Gasteiger partial charge in [-0.1, -0.05) is 30.3 Å². The number of benzene rings is 3. The zero-order valence-electron chi connectivity index (χ0n) is 23.9. The molecule has 0 aromatic heterocycles. The monoisotopic (exact) mass is 542 g/mol. The Balaban J connectivity index is 1.34. The van der Waals surface area contributed by atoms with E-state index in [1.165, 1.54) is 0 Å². The normalized spacial score (nSPS) is 14.0. The van der Waals surface area contributed by atoms with Crippen LogP contribution in [0.2, 0.25) is 0 Å². The molecule has 4 rings (SSSR count). The molecule has 3 aromatic carbocycles. The van der Waals surface area contributed by atoms with E-state index >= 15 is 0 Å². The fourth-order valence-corrected chi connectivity index (χ4v) is 4.61. The van der Waals surface area contributed by atoms with Gasteiger partial charge in [-0.3, -0.25) is 19.8 Å². The van der Waals surface area contributed by atoms with Gasteiger partial charge >= 0.3 is 6.09 Å². The summed E-state index contributed by atoms with van der Waals surface area (Å²) in [4.78, 5) is 40.8. The summed E-state index contributed by atoms with van der Waals surface area (Å²) in [5.74, 6) is -0.0528. The highest BCUT2D eigenvalue weighted by Gasteiger charge is 2.19. The molecule has 8 heteroatoms. The van der Waals surface area contributed by atoms with Crippen molar-refractivity contribution in [3.8, 4) is 11.1 Å². The molecule has 1 aliphatic rings. The summed E-state index contributed by atoms with van der Waals surface area (Å²) in [5.41, 5.74) is 5.45. The fourth-order valence-electron chi connectivity index (χ4n) is 4.61. The van der Waals surface area contributed by atoms with Crippen molar-refractivity contribution in [3.05, 3.63) is 83.4 Å². The third-order valence-electron chi connectivity index (χ3n) is 6.78. The lowest BCUT2D eigenvalue weighted by Gasteiger charge is -2.34. The van der Waals surface area contributed by atoms with Crippen LogP contribution < -0.4 is 10.6 Å². The van der Waals surface area contributed by atoms with Crippen LogP contribution >= 0.6 is 0 Å². The van der Waals surface area contributed by atoms with Crippen LogP contribution in [-0.4, -0.2) is 59.5 Å². The van der Waals surface area contributed by atoms with Gasteiger partial charge in [0.15, 0.2) is 0 Å². The predicted molar refractivity (Wildman–Crippen MR) is 158 cm³/mol. The van der Waals surface area contributed by atoms with E-state index in [0.29, 0.717) is 11.3 Å². The van der Waals surface area contributed by atoms with Crippen molar-refractivity contribution in [3.63, 3.8) is 0 Å². The Hall–Kier alpha value is -4.17. The van der Waals surface area contributed by atoms with E-state index in [9.17, 15) is 14.4 Å². The molecule has 1 saturated heterocycles. The van der Waals surface area contributed by atoms with E-state index in [0.717, 1.165) is 60.7 Å². The lowest BCUT2D eigenvalue weighted by molar-refractivity contribution is -0.130. The van der Waals surface area contributed by atoms with Crippen molar-refractivity contribution in [1.29, 1.82) is 0 Å². The maximum absolute atomic E-state index is 12.9. The van der Waals surface area contributed by atoms with Crippen molar-refractivity contribution in [2.75, 3.05) is 36.8 Å². The summed E-state index contributed by atoms with van der Waals surface area (Å²) in [6.07, 6.45) is -0.505. The van der Waals surface area contributed by atoms with Crippen LogP contribution in [0.5, 0.6) is 0 Å². The molecule has 0 bridgehead atoms. The first-order valence-corrected chi connectivity index (χ1v) is 13.6. The molecule has 0 aliphatic carbocycles. The Morgan fingerprint density at radius 2 is 1.45 bits per heavy atom. The van der Waals surface area contributed by atoms with E-state index in [-0.39, 0.29) is 11.8 Å². The number of nitrogens with zero attached hydrogens (tertiary/aromatic N) is 2. The third-order valence-corrected chi connectivity index (χ3v) is 6.78. The molecular formula is C32H38N4O4. The van der Waals surface area contributed by atoms with Crippen molar-refractivity contribution in [1.82, 2.24) is 9.80 Å². The highest BCUT2D eigenvalue weighted by molar-refractivity contribution is 6.04. The van der Waals surface area contributed by atoms with Crippen LogP contribution in [0.4, 0.5) is 16.2 Å². The average Bonchev–Trinajstić information content (AvgIpc) is 2.90. The number of piperazine rings is 1. The SMILES string of the molecule is CC(=O)N1CCN(Cc2ccc(NC(=O)c3ccc(-c4cc(NC(=O)OC(C)(C)C)ccc4C)cc3)cc2)CC1. The minimum absolute atomic E-state index is 0.131. The first-order valence-electron chi connectivity index (χ1n) is 13.6. The van der Waals surface area contributed by atoms with Gasteiger partial charge in [0.1, 0.15) is 5.60 Å². The van der Waals surface area contributed by atoms with Gasteiger partial charge in [0.2, 0.25) is 5.91 Å². The molecular weight excluding hydrogens is 504 g/mol. The van der Waals surface area contributed by atoms with Crippen LogP contribution in [0.1, 0.15) is 49.2 Å². The number of ether oxygens (including phenoxy) is 1. The number of hydrogen-bond donors (Lipinski definition) is 2. The summed E-state index contributed by atoms with van der Waals surface area (Å²) in [6, 6.07) is 21.0. The molecule has 210 valence electrons. The van der Waals surface area contributed by atoms with E-state index < -0.39 is 11.7 Å². The van der Waals surface area contributed by atoms with Crippen LogP contribution in [0.3, 0.4) is 0 Å². The number of carbonyl (C=O) groups excluding carboxylic acids is 3. The summed E-state index contributed by atoms with van der Waals surface area (Å²) >= 11 is 0. The van der Waals surface area contributed by atoms with Gasteiger partial charge in [0.25, 0.3) is 5.91 Å². The summed E-state index contributed by atoms with van der Waals surface area (Å²) < 4.78 is 5.35. The van der Waals surface area contributed by atoms with Crippen LogP contribution in [0, 0.1) is 6.92 Å². The number of hydrogen-bond acceptors (Lipinski definition) is 5. The lowest BCUT2D eigenvalue weighted by Crippen LogP contribution is -2.47. The van der Waals surface area contributed by atoms with Crippen molar-refractivity contribution < 1.29 is 19.1 Å². The second-order valence-corrected chi connectivity index (χ2v) is 11.2. The average molecular weight is 543 g/mol. The fraction of sp³-hybridized carbons (Fsp3) is 0.344. The standard InChI is InChI=1S/C32H38N4O4/c1-22-6-13-28(34-31(39)40-32(3,4)5)20-29(22)25-9-11-26(12-10-25)30(38)33-27-14-7-24(8-15-27)21-35-16-18-36(19-17-35)23(2)37/h6-15,20H,16-19,21H2,1-5H3,(H,33,38)(H,34,39). The van der Waals surface area contributed by atoms with Crippen LogP contribution in [0.25, 0.3) is 11.1 Å². The van der Waals surface area contributed by atoms with Crippen LogP contribution in [0.15, 0.2) is 66.7 Å². The van der Waals surface area contributed by atoms with Gasteiger partial charge in [-0.15, -0.1) is 0 Å². The zero-order chi connectivity index (χ0) is 28.9. The Morgan fingerprint density at radius 1 is 0.825 bits per heavy atom. The van der Waals surface area contributed by atoms with Gasteiger partial charge in [-0.25, -0.2) is 4.79 Å². The molecule has 2 N–H and O–H groups in total. The number of amides is 3. The van der Waals surface area contributed by atoms with Gasteiger partial charge in [0.05, 0.1) is 0 Å². The van der Waals surface area contributed by atoms with Gasteiger partial charge in [-0.2, -0.15) is 0 Å². The van der Waals surface area contributed by atoms with Crippen molar-refractivity contribution >= 4 is 29.3 Å². The number of anilines is 2. The molecule has 0 spiro atoms. The first-order chi connectivity index (χ1) is 19.0. The summed E-state index contributed by atoms with van der Waals surface area (Å²) in [6.45, 7) is 13.1. The zero-order valence-corrected chi connectivity index (χ0v) is 23.9. The van der Waals surface area contributed by atoms with Gasteiger partial charge in [-0.05, 0) is 86.3 Å². The molecule has 1 heterocycles. The molecule has 0 saturated carbocycles. The third kappa shape index (κ3) is 7.93. The largest absolute Gasteiger partial charge is 0.444 e. The van der Waals surface area contributed by atoms with E-state index in [1.54, 1.807) is 19.1 Å². The number of rotatable bonds is 6. The molecule has 1 aliphatic heterocycles. The highest BCUT2D eigenvalue weighted by atomic mass is 16.6. The minimum atomic E-state index is -0.579. The molecule has 0 unspecified atom stereocenters. The number of aryl methyl sites for hydroxylation is 1. The molecule has 0 radical (unpaired) electrons. The Bertz CT molecular complexity index is 1350. The van der Waals surface area contributed by atoms with Gasteiger partial charge < -0.3 is 15.0 Å². The second-order valence-electron chi connectivity index (χ2n) is 11.2. The Kier molecular flexibility index (Phi) is 8.90. The van der Waals surface area contributed by atoms with E-state index in [4.69, 9.17) is 4.74 Å². The quantitative estimate of drug-likeness (QED) is 0.403. The maximum Gasteiger partial charge on any atom is 0.412 e. The van der Waals surface area contributed by atoms with Crippen molar-refractivity contribution in [2.24, 2.45) is 0 Å². The summed E-state index contributed by atoms with van der Waals surface area (Å²) in [7, 11) is 0. The Labute approximate surface area is 236 Å². The number of carbonyl (C=O) groups is 3. The molecule has 3 aromatic rings. The molecule has 0 atom stereocenters. The first kappa shape index (κ1) is 28.8. The highest BCUT2D eigenvalue weighted by Crippen LogP contribution is 2.27. The lowest BCUT2D eigenvalue weighted by atomic mass is 9.98. The molecule has 8 nitrogen and oxygen atoms in total. The predicted octanol–water partition coefficient (Wildman–Crippen LogP) is 5.93. The molecule has 40 heavy (non-hydrogen) atoms. The smallest absolute Gasteiger partial charge is 0.412 e. The second kappa shape index (κ2) is 12.3.